The van der Waals surface area contributed by atoms with E-state index in [1.54, 1.807) is 36.4 Å². The highest BCUT2D eigenvalue weighted by atomic mass is 16.6. The number of hydrogen-bond donors (Lipinski definition) is 1. The number of nitro benzene ring substituents is 1. The molecule has 21 heavy (non-hydrogen) atoms. The van der Waals surface area contributed by atoms with Crippen molar-refractivity contribution in [2.45, 2.75) is 26.1 Å². The van der Waals surface area contributed by atoms with E-state index in [9.17, 15) is 15.2 Å². The first-order valence-corrected chi connectivity index (χ1v) is 6.75. The van der Waals surface area contributed by atoms with Crippen LogP contribution in [-0.4, -0.2) is 10.0 Å². The second kappa shape index (κ2) is 6.85. The van der Waals surface area contributed by atoms with Crippen LogP contribution in [0.4, 0.5) is 5.69 Å². The van der Waals surface area contributed by atoms with Crippen LogP contribution < -0.4 is 4.74 Å². The zero-order valence-electron chi connectivity index (χ0n) is 11.7. The maximum atomic E-state index is 11.0. The molecule has 1 atom stereocenters. The van der Waals surface area contributed by atoms with E-state index in [0.29, 0.717) is 23.3 Å². The first-order chi connectivity index (χ1) is 10.1. The fourth-order valence-electron chi connectivity index (χ4n) is 2.07. The molecule has 2 rings (SSSR count). The Labute approximate surface area is 123 Å². The lowest BCUT2D eigenvalue weighted by atomic mass is 10.1. The number of aliphatic hydroxyl groups excluding tert-OH is 1. The van der Waals surface area contributed by atoms with Crippen molar-refractivity contribution in [1.29, 1.82) is 0 Å². The maximum Gasteiger partial charge on any atom is 0.276 e. The highest BCUT2D eigenvalue weighted by Crippen LogP contribution is 2.28. The Morgan fingerprint density at radius 3 is 2.57 bits per heavy atom. The van der Waals surface area contributed by atoms with Gasteiger partial charge in [0.25, 0.3) is 5.69 Å². The average Bonchev–Trinajstić information content (AvgIpc) is 2.52. The smallest absolute Gasteiger partial charge is 0.276 e. The Morgan fingerprint density at radius 2 is 1.86 bits per heavy atom. The Kier molecular flexibility index (Phi) is 4.90. The highest BCUT2D eigenvalue weighted by molar-refractivity contribution is 5.40. The molecular formula is C16H17NO4. The molecule has 0 fully saturated rings. The zero-order valence-corrected chi connectivity index (χ0v) is 11.7. The van der Waals surface area contributed by atoms with E-state index in [1.807, 2.05) is 13.0 Å². The van der Waals surface area contributed by atoms with Gasteiger partial charge in [0.05, 0.1) is 16.6 Å². The summed E-state index contributed by atoms with van der Waals surface area (Å²) in [6.45, 7) is 1.97. The van der Waals surface area contributed by atoms with Crippen molar-refractivity contribution in [3.63, 3.8) is 0 Å². The molecule has 0 radical (unpaired) electrons. The summed E-state index contributed by atoms with van der Waals surface area (Å²) in [6, 6.07) is 13.6. The number of hydrogen-bond acceptors (Lipinski definition) is 4. The van der Waals surface area contributed by atoms with E-state index in [1.165, 1.54) is 6.07 Å². The Balaban J connectivity index is 2.19. The van der Waals surface area contributed by atoms with Crippen molar-refractivity contribution in [2.24, 2.45) is 0 Å². The number of nitro groups is 1. The summed E-state index contributed by atoms with van der Waals surface area (Å²) in [6.07, 6.45) is -0.0294. The first-order valence-electron chi connectivity index (χ1n) is 6.75. The zero-order chi connectivity index (χ0) is 15.2. The molecule has 0 saturated heterocycles. The van der Waals surface area contributed by atoms with Crippen molar-refractivity contribution in [1.82, 2.24) is 0 Å². The molecule has 1 N–H and O–H groups in total. The number of aliphatic hydroxyl groups is 1. The average molecular weight is 287 g/mol. The number of para-hydroxylation sites is 2. The molecule has 0 bridgehead atoms. The molecule has 0 amide bonds. The fourth-order valence-corrected chi connectivity index (χ4v) is 2.07. The number of benzene rings is 2. The number of rotatable bonds is 6. The van der Waals surface area contributed by atoms with Gasteiger partial charge in [0.15, 0.2) is 0 Å². The lowest BCUT2D eigenvalue weighted by molar-refractivity contribution is -0.385. The third kappa shape index (κ3) is 3.58. The predicted octanol–water partition coefficient (Wildman–Crippen LogP) is 3.62. The fraction of sp³-hybridized carbons (Fsp3) is 0.250. The quantitative estimate of drug-likeness (QED) is 0.650. The largest absolute Gasteiger partial charge is 0.488 e. The molecule has 0 aromatic heterocycles. The van der Waals surface area contributed by atoms with Crippen LogP contribution in [-0.2, 0) is 6.61 Å². The van der Waals surface area contributed by atoms with Gasteiger partial charge in [-0.15, -0.1) is 0 Å². The summed E-state index contributed by atoms with van der Waals surface area (Å²) in [5, 5.41) is 20.9. The van der Waals surface area contributed by atoms with Gasteiger partial charge in [0.2, 0.25) is 0 Å². The normalized spacial score (nSPS) is 11.9. The van der Waals surface area contributed by atoms with Crippen LogP contribution in [0.25, 0.3) is 0 Å². The van der Waals surface area contributed by atoms with Crippen LogP contribution in [0.2, 0.25) is 0 Å². The van der Waals surface area contributed by atoms with E-state index < -0.39 is 11.0 Å². The van der Waals surface area contributed by atoms with Gasteiger partial charge in [-0.25, -0.2) is 0 Å². The summed E-state index contributed by atoms with van der Waals surface area (Å²) in [5.74, 6) is 0.546. The highest BCUT2D eigenvalue weighted by Gasteiger charge is 2.15. The lowest BCUT2D eigenvalue weighted by Crippen LogP contribution is -2.04. The van der Waals surface area contributed by atoms with Crippen LogP contribution >= 0.6 is 0 Å². The van der Waals surface area contributed by atoms with Crippen LogP contribution in [0, 0.1) is 10.1 Å². The van der Waals surface area contributed by atoms with Gasteiger partial charge in [0, 0.05) is 11.6 Å². The van der Waals surface area contributed by atoms with Gasteiger partial charge in [0.1, 0.15) is 12.4 Å². The van der Waals surface area contributed by atoms with Crippen molar-refractivity contribution in [3.05, 3.63) is 69.8 Å². The monoisotopic (exact) mass is 287 g/mol. The van der Waals surface area contributed by atoms with E-state index in [2.05, 4.69) is 0 Å². The molecule has 5 nitrogen and oxygen atoms in total. The molecule has 1 unspecified atom stereocenters. The molecule has 0 aliphatic carbocycles. The van der Waals surface area contributed by atoms with Gasteiger partial charge >= 0.3 is 0 Å². The van der Waals surface area contributed by atoms with Gasteiger partial charge < -0.3 is 9.84 Å². The molecular weight excluding hydrogens is 270 g/mol. The second-order valence-electron chi connectivity index (χ2n) is 4.64. The topological polar surface area (TPSA) is 72.6 Å². The third-order valence-electron chi connectivity index (χ3n) is 3.24. The summed E-state index contributed by atoms with van der Waals surface area (Å²) >= 11 is 0. The van der Waals surface area contributed by atoms with Gasteiger partial charge in [-0.3, -0.25) is 10.1 Å². The Morgan fingerprint density at radius 1 is 1.19 bits per heavy atom. The first kappa shape index (κ1) is 15.0. The standard InChI is InChI=1S/C16H17NO4/c1-2-15(18)13-8-4-6-10-16(13)21-11-12-7-3-5-9-14(12)17(19)20/h3-10,15,18H,2,11H2,1H3. The molecule has 0 aliphatic rings. The van der Waals surface area contributed by atoms with Crippen LogP contribution in [0.5, 0.6) is 5.75 Å². The Bertz CT molecular complexity index is 627. The maximum absolute atomic E-state index is 11.0. The molecule has 2 aromatic rings. The van der Waals surface area contributed by atoms with Crippen molar-refractivity contribution in [2.75, 3.05) is 0 Å². The second-order valence-corrected chi connectivity index (χ2v) is 4.64. The summed E-state index contributed by atoms with van der Waals surface area (Å²) < 4.78 is 5.67. The lowest BCUT2D eigenvalue weighted by Gasteiger charge is -2.15. The van der Waals surface area contributed by atoms with E-state index in [-0.39, 0.29) is 12.3 Å². The van der Waals surface area contributed by atoms with E-state index >= 15 is 0 Å². The van der Waals surface area contributed by atoms with Gasteiger partial charge in [-0.2, -0.15) is 0 Å². The third-order valence-corrected chi connectivity index (χ3v) is 3.24. The molecule has 2 aromatic carbocycles. The van der Waals surface area contributed by atoms with E-state index in [4.69, 9.17) is 4.74 Å². The predicted molar refractivity (Wildman–Crippen MR) is 79.1 cm³/mol. The molecule has 0 saturated carbocycles. The van der Waals surface area contributed by atoms with Crippen LogP contribution in [0.15, 0.2) is 48.5 Å². The number of ether oxygens (including phenoxy) is 1. The minimum absolute atomic E-state index is 0.0334. The molecule has 0 spiro atoms. The summed E-state index contributed by atoms with van der Waals surface area (Å²) in [7, 11) is 0. The minimum atomic E-state index is -0.605. The van der Waals surface area contributed by atoms with Crippen molar-refractivity contribution >= 4 is 5.69 Å². The molecule has 0 aliphatic heterocycles. The van der Waals surface area contributed by atoms with Crippen molar-refractivity contribution in [3.8, 4) is 5.75 Å². The van der Waals surface area contributed by atoms with Crippen LogP contribution in [0.3, 0.4) is 0 Å². The van der Waals surface area contributed by atoms with Gasteiger partial charge in [-0.1, -0.05) is 37.3 Å². The van der Waals surface area contributed by atoms with Gasteiger partial charge in [-0.05, 0) is 18.6 Å². The summed E-state index contributed by atoms with van der Waals surface area (Å²) in [5.41, 5.74) is 1.23. The SMILES string of the molecule is CCC(O)c1ccccc1OCc1ccccc1[N+](=O)[O-]. The number of nitrogens with zero attached hydrogens (tertiary/aromatic N) is 1. The molecule has 5 heteroatoms. The summed E-state index contributed by atoms with van der Waals surface area (Å²) in [4.78, 5) is 10.5. The van der Waals surface area contributed by atoms with Crippen molar-refractivity contribution < 1.29 is 14.8 Å². The molecule has 0 heterocycles. The minimum Gasteiger partial charge on any atom is -0.488 e. The van der Waals surface area contributed by atoms with Crippen LogP contribution in [0.1, 0.15) is 30.6 Å². The molecule has 110 valence electrons. The Hall–Kier alpha value is -2.40. The van der Waals surface area contributed by atoms with E-state index in [0.717, 1.165) is 0 Å².